The lowest BCUT2D eigenvalue weighted by Crippen LogP contribution is -2.02. The first kappa shape index (κ1) is 10.6. The molecule has 2 N–H and O–H groups in total. The van der Waals surface area contributed by atoms with Crippen molar-refractivity contribution in [2.75, 3.05) is 5.73 Å². The molecule has 0 amide bonds. The van der Waals surface area contributed by atoms with E-state index >= 15 is 0 Å². The van der Waals surface area contributed by atoms with E-state index in [-0.39, 0.29) is 11.8 Å². The molecule has 0 aliphatic rings. The van der Waals surface area contributed by atoms with Gasteiger partial charge in [-0.2, -0.15) is 0 Å². The Balaban J connectivity index is 3.53. The summed E-state index contributed by atoms with van der Waals surface area (Å²) in [4.78, 5) is 29.5. The Morgan fingerprint density at radius 2 is 1.53 bits per heavy atom. The molecule has 8 heteroatoms. The molecule has 1 aromatic carbocycles. The van der Waals surface area contributed by atoms with Crippen molar-refractivity contribution in [1.82, 2.24) is 0 Å². The molecule has 15 heavy (non-hydrogen) atoms. The third-order valence-corrected chi connectivity index (χ3v) is 1.69. The fourth-order valence-electron chi connectivity index (χ4n) is 1.01. The normalized spacial score (nSPS) is 9.60. The maximum absolute atomic E-state index is 10.5. The number of hydrogen-bond donors (Lipinski definition) is 1. The van der Waals surface area contributed by atoms with Crippen LogP contribution in [0, 0.1) is 20.2 Å². The average molecular weight is 211 g/mol. The summed E-state index contributed by atoms with van der Waals surface area (Å²) in [5.74, 6) is 0. The van der Waals surface area contributed by atoms with Crippen molar-refractivity contribution in [2.45, 2.75) is 0 Å². The molecule has 1 aromatic rings. The van der Waals surface area contributed by atoms with E-state index in [1.54, 1.807) is 0 Å². The Labute approximate surface area is 82.6 Å². The number of aldehydes is 1. The van der Waals surface area contributed by atoms with Gasteiger partial charge in [0.15, 0.2) is 12.0 Å². The summed E-state index contributed by atoms with van der Waals surface area (Å²) >= 11 is 0. The molecule has 0 fully saturated rings. The smallest absolute Gasteiger partial charge is 0.299 e. The third-order valence-electron chi connectivity index (χ3n) is 1.69. The van der Waals surface area contributed by atoms with Crippen LogP contribution >= 0.6 is 0 Å². The van der Waals surface area contributed by atoms with Crippen LogP contribution in [-0.4, -0.2) is 16.1 Å². The summed E-state index contributed by atoms with van der Waals surface area (Å²) < 4.78 is 0. The van der Waals surface area contributed by atoms with E-state index in [4.69, 9.17) is 5.73 Å². The molecule has 0 heterocycles. The van der Waals surface area contributed by atoms with E-state index < -0.39 is 26.9 Å². The van der Waals surface area contributed by atoms with Gasteiger partial charge in [-0.25, -0.2) is 0 Å². The third kappa shape index (κ3) is 1.88. The molecule has 0 aliphatic heterocycles. The highest BCUT2D eigenvalue weighted by atomic mass is 16.6. The van der Waals surface area contributed by atoms with Gasteiger partial charge in [-0.05, 0) is 0 Å². The number of carbonyl (C=O) groups excluding carboxylic acids is 1. The molecular formula is C7H5N3O5. The zero-order chi connectivity index (χ0) is 11.6. The van der Waals surface area contributed by atoms with Gasteiger partial charge >= 0.3 is 0 Å². The predicted octanol–water partition coefficient (Wildman–Crippen LogP) is 0.898. The quantitative estimate of drug-likeness (QED) is 0.342. The summed E-state index contributed by atoms with van der Waals surface area (Å²) in [5.41, 5.74) is 3.19. The molecule has 0 atom stereocenters. The Kier molecular flexibility index (Phi) is 2.61. The minimum atomic E-state index is -0.880. The fraction of sp³-hybridized carbons (Fsp3) is 0. The number of nitro benzene ring substituents is 2. The zero-order valence-corrected chi connectivity index (χ0v) is 7.25. The van der Waals surface area contributed by atoms with Crippen molar-refractivity contribution in [3.63, 3.8) is 0 Å². The van der Waals surface area contributed by atoms with Crippen molar-refractivity contribution in [3.05, 3.63) is 37.9 Å². The Hall–Kier alpha value is -2.51. The van der Waals surface area contributed by atoms with Gasteiger partial charge in [-0.3, -0.25) is 25.0 Å². The number of nitro groups is 2. The van der Waals surface area contributed by atoms with E-state index in [1.165, 1.54) is 0 Å². The van der Waals surface area contributed by atoms with E-state index in [1.807, 2.05) is 0 Å². The molecule has 0 bridgehead atoms. The number of rotatable bonds is 3. The van der Waals surface area contributed by atoms with Crippen LogP contribution in [0.3, 0.4) is 0 Å². The predicted molar refractivity (Wildman–Crippen MR) is 49.6 cm³/mol. The molecule has 0 spiro atoms. The lowest BCUT2D eigenvalue weighted by Gasteiger charge is -1.99. The van der Waals surface area contributed by atoms with Crippen LogP contribution < -0.4 is 5.73 Å². The van der Waals surface area contributed by atoms with Crippen LogP contribution in [0.4, 0.5) is 17.1 Å². The number of nitrogens with zero attached hydrogens (tertiary/aromatic N) is 2. The summed E-state index contributed by atoms with van der Waals surface area (Å²) in [6.07, 6.45) is 0.277. The molecule has 0 aromatic heterocycles. The van der Waals surface area contributed by atoms with E-state index in [2.05, 4.69) is 0 Å². The molecule has 1 rings (SSSR count). The van der Waals surface area contributed by atoms with Gasteiger partial charge in [0, 0.05) is 17.7 Å². The molecular weight excluding hydrogens is 206 g/mol. The summed E-state index contributed by atoms with van der Waals surface area (Å²) in [5, 5.41) is 20.9. The van der Waals surface area contributed by atoms with Crippen LogP contribution in [0.5, 0.6) is 0 Å². The van der Waals surface area contributed by atoms with Crippen molar-refractivity contribution in [3.8, 4) is 0 Å². The molecule has 0 aliphatic carbocycles. The van der Waals surface area contributed by atoms with Gasteiger partial charge < -0.3 is 5.73 Å². The minimum absolute atomic E-state index is 0.164. The number of nitrogen functional groups attached to an aromatic ring is 1. The highest BCUT2D eigenvalue weighted by Gasteiger charge is 2.23. The first-order valence-electron chi connectivity index (χ1n) is 3.65. The number of hydrogen-bond acceptors (Lipinski definition) is 6. The SMILES string of the molecule is Nc1c([N+](=O)[O-])cc(C=O)cc1[N+](=O)[O-]. The van der Waals surface area contributed by atoms with Gasteiger partial charge in [0.1, 0.15) is 0 Å². The lowest BCUT2D eigenvalue weighted by molar-refractivity contribution is -0.392. The second-order valence-electron chi connectivity index (χ2n) is 2.60. The Bertz CT molecular complexity index is 421. The zero-order valence-electron chi connectivity index (χ0n) is 7.25. The Morgan fingerprint density at radius 1 is 1.13 bits per heavy atom. The van der Waals surface area contributed by atoms with Crippen molar-refractivity contribution < 1.29 is 14.6 Å². The molecule has 0 radical (unpaired) electrons. The van der Waals surface area contributed by atoms with Crippen LogP contribution in [0.15, 0.2) is 12.1 Å². The Morgan fingerprint density at radius 3 is 1.80 bits per heavy atom. The number of benzene rings is 1. The highest BCUT2D eigenvalue weighted by molar-refractivity contribution is 5.83. The second-order valence-corrected chi connectivity index (χ2v) is 2.60. The van der Waals surface area contributed by atoms with Gasteiger partial charge in [0.05, 0.1) is 9.85 Å². The van der Waals surface area contributed by atoms with Crippen molar-refractivity contribution in [1.29, 1.82) is 0 Å². The van der Waals surface area contributed by atoms with Gasteiger partial charge in [0.25, 0.3) is 11.4 Å². The van der Waals surface area contributed by atoms with Crippen molar-refractivity contribution >= 4 is 23.3 Å². The average Bonchev–Trinajstić information content (AvgIpc) is 2.17. The van der Waals surface area contributed by atoms with Crippen LogP contribution in [0.1, 0.15) is 10.4 Å². The van der Waals surface area contributed by atoms with Crippen LogP contribution in [0.25, 0.3) is 0 Å². The maximum Gasteiger partial charge on any atom is 0.299 e. The monoisotopic (exact) mass is 211 g/mol. The van der Waals surface area contributed by atoms with E-state index in [9.17, 15) is 25.0 Å². The number of nitrogens with two attached hydrogens (primary N) is 1. The maximum atomic E-state index is 10.5. The molecule has 0 saturated carbocycles. The largest absolute Gasteiger partial charge is 0.388 e. The van der Waals surface area contributed by atoms with E-state index in [0.717, 1.165) is 12.1 Å². The van der Waals surface area contributed by atoms with Crippen molar-refractivity contribution in [2.24, 2.45) is 0 Å². The van der Waals surface area contributed by atoms with Crippen LogP contribution in [0.2, 0.25) is 0 Å². The number of carbonyl (C=O) groups is 1. The minimum Gasteiger partial charge on any atom is -0.388 e. The van der Waals surface area contributed by atoms with Gasteiger partial charge in [-0.1, -0.05) is 0 Å². The number of anilines is 1. The standard InChI is InChI=1S/C7H5N3O5/c8-7-5(9(12)13)1-4(3-11)2-6(7)10(14)15/h1-3H,8H2. The topological polar surface area (TPSA) is 129 Å². The summed E-state index contributed by atoms with van der Waals surface area (Å²) in [6.45, 7) is 0. The molecule has 0 unspecified atom stereocenters. The summed E-state index contributed by atoms with van der Waals surface area (Å²) in [7, 11) is 0. The van der Waals surface area contributed by atoms with Gasteiger partial charge in [-0.15, -0.1) is 0 Å². The van der Waals surface area contributed by atoms with Gasteiger partial charge in [0.2, 0.25) is 0 Å². The lowest BCUT2D eigenvalue weighted by atomic mass is 10.1. The molecule has 0 saturated heterocycles. The molecule has 8 nitrogen and oxygen atoms in total. The second kappa shape index (κ2) is 3.70. The first-order valence-corrected chi connectivity index (χ1v) is 3.65. The van der Waals surface area contributed by atoms with Crippen LogP contribution in [-0.2, 0) is 0 Å². The molecule has 78 valence electrons. The van der Waals surface area contributed by atoms with E-state index in [0.29, 0.717) is 0 Å². The fourth-order valence-corrected chi connectivity index (χ4v) is 1.01. The first-order chi connectivity index (χ1) is 6.97. The highest BCUT2D eigenvalue weighted by Crippen LogP contribution is 2.32. The summed E-state index contributed by atoms with van der Waals surface area (Å²) in [6, 6.07) is 1.77.